The molecule has 1 fully saturated rings. The first-order chi connectivity index (χ1) is 7.75. The summed E-state index contributed by atoms with van der Waals surface area (Å²) in [6.45, 7) is 1.80. The number of rotatable bonds is 4. The van der Waals surface area contributed by atoms with E-state index in [-0.39, 0.29) is 5.91 Å². The van der Waals surface area contributed by atoms with Crippen molar-refractivity contribution < 1.29 is 4.79 Å². The topological polar surface area (TPSA) is 56.9 Å². The molecule has 0 unspecified atom stereocenters. The van der Waals surface area contributed by atoms with Gasteiger partial charge in [-0.3, -0.25) is 4.79 Å². The van der Waals surface area contributed by atoms with E-state index in [1.54, 1.807) is 12.3 Å². The Balaban J connectivity index is 1.71. The second-order valence-corrected chi connectivity index (χ2v) is 4.51. The zero-order valence-electron chi connectivity index (χ0n) is 9.05. The number of H-pyrrole nitrogens is 1. The Morgan fingerprint density at radius 2 is 2.50 bits per heavy atom. The minimum atomic E-state index is -0.0927. The molecule has 0 aromatic carbocycles. The van der Waals surface area contributed by atoms with E-state index in [0.29, 0.717) is 23.3 Å². The summed E-state index contributed by atoms with van der Waals surface area (Å²) in [4.78, 5) is 14.4. The lowest BCUT2D eigenvalue weighted by atomic mass is 10.1. The third-order valence-corrected chi connectivity index (χ3v) is 3.05. The maximum atomic E-state index is 11.6. The fraction of sp³-hybridized carbons (Fsp3) is 0.545. The van der Waals surface area contributed by atoms with Gasteiger partial charge in [-0.2, -0.15) is 0 Å². The zero-order valence-corrected chi connectivity index (χ0v) is 9.81. The van der Waals surface area contributed by atoms with Gasteiger partial charge in [-0.25, -0.2) is 0 Å². The molecule has 1 saturated heterocycles. The standard InChI is InChI=1S/C11H16ClN3O/c12-8-6-10(15-7-8)11(16)14-5-3-9-2-1-4-13-9/h6-7,9,13,15H,1-5H2,(H,14,16)/t9-/m0/s1. The van der Waals surface area contributed by atoms with Crippen molar-refractivity contribution in [1.82, 2.24) is 15.6 Å². The third-order valence-electron chi connectivity index (χ3n) is 2.83. The number of carbonyl (C=O) groups is 1. The highest BCUT2D eigenvalue weighted by Crippen LogP contribution is 2.10. The van der Waals surface area contributed by atoms with Crippen LogP contribution in [0.1, 0.15) is 29.8 Å². The van der Waals surface area contributed by atoms with Gasteiger partial charge in [0, 0.05) is 18.8 Å². The Kier molecular flexibility index (Phi) is 3.85. The summed E-state index contributed by atoms with van der Waals surface area (Å²) in [5.41, 5.74) is 0.518. The van der Waals surface area contributed by atoms with E-state index in [1.807, 2.05) is 0 Å². The molecule has 16 heavy (non-hydrogen) atoms. The molecule has 2 rings (SSSR count). The molecule has 2 heterocycles. The van der Waals surface area contributed by atoms with Crippen LogP contribution in [0.3, 0.4) is 0 Å². The van der Waals surface area contributed by atoms with Gasteiger partial charge in [0.2, 0.25) is 0 Å². The van der Waals surface area contributed by atoms with Gasteiger partial charge in [0.1, 0.15) is 5.69 Å². The van der Waals surface area contributed by atoms with E-state index >= 15 is 0 Å². The van der Waals surface area contributed by atoms with Gasteiger partial charge in [0.15, 0.2) is 0 Å². The number of nitrogens with one attached hydrogen (secondary N) is 3. The molecule has 0 bridgehead atoms. The monoisotopic (exact) mass is 241 g/mol. The molecule has 0 aliphatic carbocycles. The molecule has 1 amide bonds. The van der Waals surface area contributed by atoms with Crippen LogP contribution in [0, 0.1) is 0 Å². The highest BCUT2D eigenvalue weighted by Gasteiger charge is 2.14. The van der Waals surface area contributed by atoms with Crippen LogP contribution in [0.2, 0.25) is 5.02 Å². The summed E-state index contributed by atoms with van der Waals surface area (Å²) in [6, 6.07) is 2.19. The fourth-order valence-electron chi connectivity index (χ4n) is 1.96. The average molecular weight is 242 g/mol. The lowest BCUT2D eigenvalue weighted by Gasteiger charge is -2.10. The molecule has 1 aliphatic heterocycles. The van der Waals surface area contributed by atoms with Gasteiger partial charge in [0.05, 0.1) is 5.02 Å². The number of halogens is 1. The SMILES string of the molecule is O=C(NCC[C@@H]1CCCN1)c1cc(Cl)c[nH]1. The molecule has 5 heteroatoms. The van der Waals surface area contributed by atoms with Crippen molar-refractivity contribution in [2.24, 2.45) is 0 Å². The van der Waals surface area contributed by atoms with Crippen LogP contribution in [-0.4, -0.2) is 30.0 Å². The van der Waals surface area contributed by atoms with E-state index in [2.05, 4.69) is 15.6 Å². The van der Waals surface area contributed by atoms with Gasteiger partial charge in [-0.15, -0.1) is 0 Å². The molecule has 88 valence electrons. The molecule has 1 aromatic rings. The molecular formula is C11H16ClN3O. The van der Waals surface area contributed by atoms with Crippen molar-refractivity contribution in [3.63, 3.8) is 0 Å². The predicted octanol–water partition coefficient (Wildman–Crippen LogP) is 1.54. The molecule has 1 atom stereocenters. The molecular weight excluding hydrogens is 226 g/mol. The van der Waals surface area contributed by atoms with Gasteiger partial charge >= 0.3 is 0 Å². The van der Waals surface area contributed by atoms with Crippen molar-refractivity contribution in [2.45, 2.75) is 25.3 Å². The summed E-state index contributed by atoms with van der Waals surface area (Å²) in [7, 11) is 0. The van der Waals surface area contributed by atoms with Crippen molar-refractivity contribution in [2.75, 3.05) is 13.1 Å². The summed E-state index contributed by atoms with van der Waals surface area (Å²) in [5.74, 6) is -0.0927. The third kappa shape index (κ3) is 3.00. The zero-order chi connectivity index (χ0) is 11.4. The molecule has 4 nitrogen and oxygen atoms in total. The molecule has 0 saturated carbocycles. The summed E-state index contributed by atoms with van der Waals surface area (Å²) in [6.07, 6.45) is 5.05. The molecule has 1 aromatic heterocycles. The largest absolute Gasteiger partial charge is 0.356 e. The maximum absolute atomic E-state index is 11.6. The number of carbonyl (C=O) groups excluding carboxylic acids is 1. The van der Waals surface area contributed by atoms with E-state index in [1.165, 1.54) is 12.8 Å². The Bertz CT molecular complexity index is 358. The van der Waals surface area contributed by atoms with E-state index < -0.39 is 0 Å². The van der Waals surface area contributed by atoms with Crippen LogP contribution in [0.15, 0.2) is 12.3 Å². The van der Waals surface area contributed by atoms with Crippen LogP contribution in [0.5, 0.6) is 0 Å². The van der Waals surface area contributed by atoms with Crippen LogP contribution < -0.4 is 10.6 Å². The van der Waals surface area contributed by atoms with E-state index in [0.717, 1.165) is 13.0 Å². The molecule has 1 aliphatic rings. The lowest BCUT2D eigenvalue weighted by molar-refractivity contribution is 0.0948. The van der Waals surface area contributed by atoms with E-state index in [9.17, 15) is 4.79 Å². The number of hydrogen-bond donors (Lipinski definition) is 3. The Morgan fingerprint density at radius 3 is 3.12 bits per heavy atom. The summed E-state index contributed by atoms with van der Waals surface area (Å²) < 4.78 is 0. The lowest BCUT2D eigenvalue weighted by Crippen LogP contribution is -2.30. The highest BCUT2D eigenvalue weighted by molar-refractivity contribution is 6.30. The summed E-state index contributed by atoms with van der Waals surface area (Å²) >= 11 is 5.72. The van der Waals surface area contributed by atoms with Gasteiger partial charge in [-0.1, -0.05) is 11.6 Å². The van der Waals surface area contributed by atoms with Gasteiger partial charge in [0.25, 0.3) is 5.91 Å². The van der Waals surface area contributed by atoms with Crippen molar-refractivity contribution in [3.8, 4) is 0 Å². The molecule has 0 spiro atoms. The molecule has 0 radical (unpaired) electrons. The maximum Gasteiger partial charge on any atom is 0.267 e. The first kappa shape index (κ1) is 11.5. The Hall–Kier alpha value is -1.00. The second-order valence-electron chi connectivity index (χ2n) is 4.07. The van der Waals surface area contributed by atoms with Crippen molar-refractivity contribution >= 4 is 17.5 Å². The van der Waals surface area contributed by atoms with Crippen molar-refractivity contribution in [1.29, 1.82) is 0 Å². The van der Waals surface area contributed by atoms with Crippen LogP contribution in [0.25, 0.3) is 0 Å². The number of aromatic nitrogens is 1. The predicted molar refractivity (Wildman–Crippen MR) is 63.8 cm³/mol. The smallest absolute Gasteiger partial charge is 0.267 e. The minimum absolute atomic E-state index is 0.0927. The first-order valence-electron chi connectivity index (χ1n) is 5.61. The quantitative estimate of drug-likeness (QED) is 0.749. The van der Waals surface area contributed by atoms with Gasteiger partial charge < -0.3 is 15.6 Å². The second kappa shape index (κ2) is 5.37. The minimum Gasteiger partial charge on any atom is -0.356 e. The number of amides is 1. The van der Waals surface area contributed by atoms with Crippen LogP contribution >= 0.6 is 11.6 Å². The van der Waals surface area contributed by atoms with Crippen LogP contribution in [-0.2, 0) is 0 Å². The average Bonchev–Trinajstić information content (AvgIpc) is 2.89. The number of hydrogen-bond acceptors (Lipinski definition) is 2. The van der Waals surface area contributed by atoms with Crippen LogP contribution in [0.4, 0.5) is 0 Å². The normalized spacial score (nSPS) is 19.9. The molecule has 3 N–H and O–H groups in total. The van der Waals surface area contributed by atoms with Gasteiger partial charge in [-0.05, 0) is 31.9 Å². The Morgan fingerprint density at radius 1 is 1.62 bits per heavy atom. The number of aromatic amines is 1. The Labute approximate surface area is 99.8 Å². The first-order valence-corrected chi connectivity index (χ1v) is 5.99. The fourth-order valence-corrected chi connectivity index (χ4v) is 2.12. The van der Waals surface area contributed by atoms with Crippen molar-refractivity contribution in [3.05, 3.63) is 23.0 Å². The van der Waals surface area contributed by atoms with E-state index in [4.69, 9.17) is 11.6 Å². The highest BCUT2D eigenvalue weighted by atomic mass is 35.5. The summed E-state index contributed by atoms with van der Waals surface area (Å²) in [5, 5.41) is 6.82.